The first kappa shape index (κ1) is 15.0. The normalized spacial score (nSPS) is 12.4. The van der Waals surface area contributed by atoms with Gasteiger partial charge in [-0.25, -0.2) is 0 Å². The largest absolute Gasteiger partial charge is 0.489 e. The molecule has 0 aliphatic heterocycles. The van der Waals surface area contributed by atoms with Gasteiger partial charge < -0.3 is 10.1 Å². The van der Waals surface area contributed by atoms with E-state index in [1.165, 1.54) is 24.8 Å². The summed E-state index contributed by atoms with van der Waals surface area (Å²) in [6, 6.07) is 8.30. The minimum absolute atomic E-state index is 0.222. The van der Waals surface area contributed by atoms with Gasteiger partial charge in [0.2, 0.25) is 0 Å². The Labute approximate surface area is 112 Å². The zero-order chi connectivity index (χ0) is 13.2. The topological polar surface area (TPSA) is 21.3 Å². The van der Waals surface area contributed by atoms with Crippen molar-refractivity contribution in [1.82, 2.24) is 5.32 Å². The van der Waals surface area contributed by atoms with E-state index in [2.05, 4.69) is 44.3 Å². The van der Waals surface area contributed by atoms with E-state index in [1.54, 1.807) is 0 Å². The summed E-state index contributed by atoms with van der Waals surface area (Å²) in [5, 5.41) is 3.45. The molecule has 1 N–H and O–H groups in total. The zero-order valence-electron chi connectivity index (χ0n) is 12.0. The van der Waals surface area contributed by atoms with Crippen molar-refractivity contribution in [2.45, 2.75) is 52.6 Å². The molecule has 18 heavy (non-hydrogen) atoms. The van der Waals surface area contributed by atoms with Gasteiger partial charge in [-0.3, -0.25) is 0 Å². The Morgan fingerprint density at radius 3 is 2.67 bits per heavy atom. The maximum absolute atomic E-state index is 5.98. The predicted molar refractivity (Wildman–Crippen MR) is 78.3 cm³/mol. The summed E-state index contributed by atoms with van der Waals surface area (Å²) in [4.78, 5) is 0. The van der Waals surface area contributed by atoms with Gasteiger partial charge in [-0.2, -0.15) is 0 Å². The number of aryl methyl sites for hydroxylation is 1. The van der Waals surface area contributed by atoms with E-state index in [4.69, 9.17) is 4.74 Å². The Morgan fingerprint density at radius 1 is 1.17 bits per heavy atom. The molecular weight excluding hydrogens is 222 g/mol. The third-order valence-electron chi connectivity index (χ3n) is 3.07. The van der Waals surface area contributed by atoms with Gasteiger partial charge in [0.25, 0.3) is 0 Å². The van der Waals surface area contributed by atoms with Crippen molar-refractivity contribution < 1.29 is 4.74 Å². The van der Waals surface area contributed by atoms with Crippen molar-refractivity contribution in [3.63, 3.8) is 0 Å². The van der Waals surface area contributed by atoms with Crippen LogP contribution in [0.3, 0.4) is 0 Å². The number of para-hydroxylation sites is 1. The maximum atomic E-state index is 5.98. The Balaban J connectivity index is 2.28. The van der Waals surface area contributed by atoms with Gasteiger partial charge in [-0.05, 0) is 37.9 Å². The average molecular weight is 249 g/mol. The highest BCUT2D eigenvalue weighted by Crippen LogP contribution is 2.19. The third-order valence-corrected chi connectivity index (χ3v) is 3.07. The van der Waals surface area contributed by atoms with Crippen LogP contribution in [0.4, 0.5) is 0 Å². The smallest absolute Gasteiger partial charge is 0.122 e. The number of hydrogen-bond donors (Lipinski definition) is 1. The monoisotopic (exact) mass is 249 g/mol. The van der Waals surface area contributed by atoms with Crippen LogP contribution in [0, 0.1) is 0 Å². The van der Waals surface area contributed by atoms with E-state index in [-0.39, 0.29) is 6.10 Å². The molecule has 0 radical (unpaired) electrons. The number of rotatable bonds is 9. The predicted octanol–water partition coefficient (Wildman–Crippen LogP) is 3.80. The van der Waals surface area contributed by atoms with Gasteiger partial charge in [0.15, 0.2) is 0 Å². The van der Waals surface area contributed by atoms with Crippen molar-refractivity contribution in [2.75, 3.05) is 13.1 Å². The van der Waals surface area contributed by atoms with Crippen LogP contribution in [0.15, 0.2) is 24.3 Å². The fraction of sp³-hybridized carbons (Fsp3) is 0.625. The first-order valence-corrected chi connectivity index (χ1v) is 7.23. The maximum Gasteiger partial charge on any atom is 0.122 e. The number of hydrogen-bond acceptors (Lipinski definition) is 2. The quantitative estimate of drug-likeness (QED) is 0.672. The molecule has 0 aromatic heterocycles. The van der Waals surface area contributed by atoms with Gasteiger partial charge >= 0.3 is 0 Å². The first-order chi connectivity index (χ1) is 8.77. The van der Waals surface area contributed by atoms with Crippen LogP contribution in [-0.2, 0) is 6.42 Å². The highest BCUT2D eigenvalue weighted by molar-refractivity contribution is 5.33. The molecule has 1 atom stereocenters. The summed E-state index contributed by atoms with van der Waals surface area (Å²) >= 11 is 0. The van der Waals surface area contributed by atoms with Crippen molar-refractivity contribution in [1.29, 1.82) is 0 Å². The van der Waals surface area contributed by atoms with Gasteiger partial charge in [0.05, 0.1) is 0 Å². The van der Waals surface area contributed by atoms with Crippen molar-refractivity contribution in [3.05, 3.63) is 29.8 Å². The summed E-state index contributed by atoms with van der Waals surface area (Å²) in [5.74, 6) is 1.03. The van der Waals surface area contributed by atoms with Crippen LogP contribution >= 0.6 is 0 Å². The highest BCUT2D eigenvalue weighted by atomic mass is 16.5. The lowest BCUT2D eigenvalue weighted by Crippen LogP contribution is -2.29. The van der Waals surface area contributed by atoms with E-state index < -0.39 is 0 Å². The standard InChI is InChI=1S/C16H27NO/c1-4-6-9-12-17-13-14(3)18-16-11-8-7-10-15(16)5-2/h7-8,10-11,14,17H,4-6,9,12-13H2,1-3H3. The fourth-order valence-electron chi connectivity index (χ4n) is 1.97. The molecule has 0 aliphatic rings. The van der Waals surface area contributed by atoms with E-state index in [0.717, 1.165) is 25.3 Å². The van der Waals surface area contributed by atoms with Gasteiger partial charge in [0, 0.05) is 6.54 Å². The Morgan fingerprint density at radius 2 is 1.94 bits per heavy atom. The lowest BCUT2D eigenvalue weighted by molar-refractivity contribution is 0.215. The summed E-state index contributed by atoms with van der Waals surface area (Å²) in [6.07, 6.45) is 5.08. The zero-order valence-corrected chi connectivity index (χ0v) is 12.0. The van der Waals surface area contributed by atoms with Crippen LogP contribution in [-0.4, -0.2) is 19.2 Å². The van der Waals surface area contributed by atoms with Crippen LogP contribution in [0.5, 0.6) is 5.75 Å². The van der Waals surface area contributed by atoms with Crippen molar-refractivity contribution in [2.24, 2.45) is 0 Å². The molecular formula is C16H27NO. The molecule has 1 rings (SSSR count). The van der Waals surface area contributed by atoms with Crippen LogP contribution in [0.2, 0.25) is 0 Å². The Hall–Kier alpha value is -1.02. The molecule has 0 heterocycles. The molecule has 0 amide bonds. The Kier molecular flexibility index (Phi) is 7.51. The molecule has 2 nitrogen and oxygen atoms in total. The minimum Gasteiger partial charge on any atom is -0.489 e. The van der Waals surface area contributed by atoms with Crippen molar-refractivity contribution >= 4 is 0 Å². The van der Waals surface area contributed by atoms with Gasteiger partial charge in [-0.15, -0.1) is 0 Å². The molecule has 102 valence electrons. The molecule has 0 spiro atoms. The lowest BCUT2D eigenvalue weighted by Gasteiger charge is -2.17. The second kappa shape index (κ2) is 8.98. The average Bonchev–Trinajstić information content (AvgIpc) is 2.39. The molecule has 0 fully saturated rings. The summed E-state index contributed by atoms with van der Waals surface area (Å²) in [7, 11) is 0. The number of ether oxygens (including phenoxy) is 1. The third kappa shape index (κ3) is 5.54. The van der Waals surface area contributed by atoms with Crippen LogP contribution in [0.25, 0.3) is 0 Å². The molecule has 0 aliphatic carbocycles. The summed E-state index contributed by atoms with van der Waals surface area (Å²) in [5.41, 5.74) is 1.29. The van der Waals surface area contributed by atoms with Gasteiger partial charge in [0.1, 0.15) is 11.9 Å². The van der Waals surface area contributed by atoms with Crippen molar-refractivity contribution in [3.8, 4) is 5.75 Å². The minimum atomic E-state index is 0.222. The second-order valence-corrected chi connectivity index (χ2v) is 4.80. The molecule has 0 saturated heterocycles. The van der Waals surface area contributed by atoms with E-state index in [0.29, 0.717) is 0 Å². The van der Waals surface area contributed by atoms with E-state index in [9.17, 15) is 0 Å². The summed E-state index contributed by atoms with van der Waals surface area (Å²) < 4.78 is 5.98. The number of benzene rings is 1. The lowest BCUT2D eigenvalue weighted by atomic mass is 10.1. The molecule has 1 aromatic rings. The van der Waals surface area contributed by atoms with Gasteiger partial charge in [-0.1, -0.05) is 44.9 Å². The molecule has 1 unspecified atom stereocenters. The summed E-state index contributed by atoms with van der Waals surface area (Å²) in [6.45, 7) is 8.53. The molecule has 0 saturated carbocycles. The number of nitrogens with one attached hydrogen (secondary N) is 1. The Bertz CT molecular complexity index is 325. The first-order valence-electron chi connectivity index (χ1n) is 7.23. The molecule has 2 heteroatoms. The van der Waals surface area contributed by atoms with E-state index >= 15 is 0 Å². The number of unbranched alkanes of at least 4 members (excludes halogenated alkanes) is 2. The molecule has 1 aromatic carbocycles. The highest BCUT2D eigenvalue weighted by Gasteiger charge is 2.06. The SMILES string of the molecule is CCCCCNCC(C)Oc1ccccc1CC. The second-order valence-electron chi connectivity index (χ2n) is 4.80. The van der Waals surface area contributed by atoms with Crippen LogP contribution < -0.4 is 10.1 Å². The van der Waals surface area contributed by atoms with E-state index in [1.807, 2.05) is 6.07 Å². The molecule has 0 bridgehead atoms. The van der Waals surface area contributed by atoms with Crippen LogP contribution in [0.1, 0.15) is 45.6 Å². The fourth-order valence-corrected chi connectivity index (χ4v) is 1.97.